The van der Waals surface area contributed by atoms with Crippen LogP contribution in [0.1, 0.15) is 15.9 Å². The molecule has 2 aromatic rings. The summed E-state index contributed by atoms with van der Waals surface area (Å²) in [5, 5.41) is 11.5. The predicted molar refractivity (Wildman–Crippen MR) is 84.3 cm³/mol. The molecule has 0 unspecified atom stereocenters. The molecule has 0 aliphatic carbocycles. The number of esters is 1. The summed E-state index contributed by atoms with van der Waals surface area (Å²) < 4.78 is 30.0. The van der Waals surface area contributed by atoms with Crippen LogP contribution in [-0.2, 0) is 27.4 Å². The van der Waals surface area contributed by atoms with Crippen molar-refractivity contribution in [2.24, 2.45) is 7.05 Å². The number of methoxy groups -OCH3 is 1. The minimum Gasteiger partial charge on any atom is -0.465 e. The van der Waals surface area contributed by atoms with Crippen LogP contribution in [0.15, 0.2) is 22.2 Å². The van der Waals surface area contributed by atoms with Gasteiger partial charge in [0.05, 0.1) is 22.6 Å². The van der Waals surface area contributed by atoms with Crippen LogP contribution in [0.2, 0.25) is 5.02 Å². The van der Waals surface area contributed by atoms with Crippen molar-refractivity contribution in [2.45, 2.75) is 15.8 Å². The summed E-state index contributed by atoms with van der Waals surface area (Å²) in [5.74, 6) is -0.457. The minimum absolute atomic E-state index is 0.0439. The summed E-state index contributed by atoms with van der Waals surface area (Å²) in [5.41, 5.74) is 0.415. The first-order valence-electron chi connectivity index (χ1n) is 6.20. The van der Waals surface area contributed by atoms with E-state index in [0.717, 1.165) is 6.26 Å². The third-order valence-electron chi connectivity index (χ3n) is 2.93. The van der Waals surface area contributed by atoms with E-state index >= 15 is 0 Å². The number of nitrogens with zero attached hydrogens (tertiary/aromatic N) is 4. The molecule has 124 valence electrons. The standard InChI is InChI=1S/C12H13ClN4O4S2/c1-17-12(14-15-16-17)22-6-8-9(23(3,19)20)5-4-7(10(8)13)11(18)21-2/h4-5H,6H2,1-3H3. The Morgan fingerprint density at radius 1 is 1.43 bits per heavy atom. The van der Waals surface area contributed by atoms with E-state index in [9.17, 15) is 13.2 Å². The summed E-state index contributed by atoms with van der Waals surface area (Å²) in [6, 6.07) is 2.68. The second-order valence-corrected chi connectivity index (χ2v) is 7.85. The highest BCUT2D eigenvalue weighted by Crippen LogP contribution is 2.33. The number of rotatable bonds is 5. The Labute approximate surface area is 142 Å². The fraction of sp³-hybridized carbons (Fsp3) is 0.333. The number of aromatic nitrogens is 4. The number of carbonyl (C=O) groups is 1. The van der Waals surface area contributed by atoms with Gasteiger partial charge in [0.2, 0.25) is 5.16 Å². The Bertz CT molecular complexity index is 851. The number of carbonyl (C=O) groups excluding carboxylic acids is 1. The monoisotopic (exact) mass is 376 g/mol. The Morgan fingerprint density at radius 2 is 2.13 bits per heavy atom. The van der Waals surface area contributed by atoms with Crippen molar-refractivity contribution >= 4 is 39.2 Å². The number of aryl methyl sites for hydroxylation is 1. The number of hydrogen-bond donors (Lipinski definition) is 0. The summed E-state index contributed by atoms with van der Waals surface area (Å²) in [7, 11) is -0.631. The summed E-state index contributed by atoms with van der Waals surface area (Å²) in [6.45, 7) is 0. The molecule has 0 N–H and O–H groups in total. The zero-order valence-corrected chi connectivity index (χ0v) is 14.9. The fourth-order valence-corrected chi connectivity index (χ4v) is 4.20. The van der Waals surface area contributed by atoms with Gasteiger partial charge in [-0.3, -0.25) is 0 Å². The maximum Gasteiger partial charge on any atom is 0.339 e. The molecular weight excluding hydrogens is 364 g/mol. The van der Waals surface area contributed by atoms with Gasteiger partial charge in [0, 0.05) is 24.6 Å². The first-order chi connectivity index (χ1) is 10.8. The van der Waals surface area contributed by atoms with E-state index in [2.05, 4.69) is 20.3 Å². The van der Waals surface area contributed by atoms with Gasteiger partial charge in [-0.15, -0.1) is 5.10 Å². The molecule has 1 aromatic heterocycles. The number of ether oxygens (including phenoxy) is 1. The van der Waals surface area contributed by atoms with Gasteiger partial charge in [0.15, 0.2) is 9.84 Å². The lowest BCUT2D eigenvalue weighted by molar-refractivity contribution is 0.0600. The first-order valence-corrected chi connectivity index (χ1v) is 9.46. The van der Waals surface area contributed by atoms with Crippen molar-refractivity contribution in [2.75, 3.05) is 13.4 Å². The van der Waals surface area contributed by atoms with Crippen molar-refractivity contribution in [1.29, 1.82) is 0 Å². The molecular formula is C12H13ClN4O4S2. The number of hydrogen-bond acceptors (Lipinski definition) is 8. The Morgan fingerprint density at radius 3 is 2.65 bits per heavy atom. The zero-order chi connectivity index (χ0) is 17.2. The van der Waals surface area contributed by atoms with Crippen LogP contribution in [0.5, 0.6) is 0 Å². The van der Waals surface area contributed by atoms with E-state index in [4.69, 9.17) is 11.6 Å². The lowest BCUT2D eigenvalue weighted by Crippen LogP contribution is -2.08. The molecule has 0 aliphatic rings. The molecule has 0 atom stereocenters. The molecule has 2 rings (SSSR count). The number of thioether (sulfide) groups is 1. The van der Waals surface area contributed by atoms with E-state index < -0.39 is 15.8 Å². The van der Waals surface area contributed by atoms with E-state index in [1.54, 1.807) is 7.05 Å². The molecule has 0 saturated carbocycles. The summed E-state index contributed by atoms with van der Waals surface area (Å²) >= 11 is 7.44. The maximum atomic E-state index is 12.0. The summed E-state index contributed by atoms with van der Waals surface area (Å²) in [6.07, 6.45) is 1.08. The second-order valence-electron chi connectivity index (χ2n) is 4.54. The fourth-order valence-electron chi connectivity index (χ4n) is 1.83. The van der Waals surface area contributed by atoms with Crippen LogP contribution in [0.4, 0.5) is 0 Å². The van der Waals surface area contributed by atoms with Crippen LogP contribution in [0.3, 0.4) is 0 Å². The first kappa shape index (κ1) is 17.7. The van der Waals surface area contributed by atoms with Gasteiger partial charge in [0.1, 0.15) is 0 Å². The minimum atomic E-state index is -3.51. The highest BCUT2D eigenvalue weighted by atomic mass is 35.5. The smallest absolute Gasteiger partial charge is 0.339 e. The van der Waals surface area contributed by atoms with Gasteiger partial charge < -0.3 is 4.74 Å². The van der Waals surface area contributed by atoms with Crippen molar-refractivity contribution in [3.8, 4) is 0 Å². The normalized spacial score (nSPS) is 11.5. The molecule has 1 aromatic carbocycles. The van der Waals surface area contributed by atoms with Crippen molar-refractivity contribution in [3.63, 3.8) is 0 Å². The average molecular weight is 377 g/mol. The average Bonchev–Trinajstić information content (AvgIpc) is 2.89. The van der Waals surface area contributed by atoms with Crippen LogP contribution in [0.25, 0.3) is 0 Å². The lowest BCUT2D eigenvalue weighted by Gasteiger charge is -2.12. The molecule has 8 nitrogen and oxygen atoms in total. The zero-order valence-electron chi connectivity index (χ0n) is 12.5. The highest BCUT2D eigenvalue weighted by molar-refractivity contribution is 7.98. The maximum absolute atomic E-state index is 12.0. The number of tetrazole rings is 1. The molecule has 0 fully saturated rings. The topological polar surface area (TPSA) is 104 Å². The summed E-state index contributed by atoms with van der Waals surface area (Å²) in [4.78, 5) is 11.8. The Balaban J connectivity index is 2.48. The largest absolute Gasteiger partial charge is 0.465 e. The van der Waals surface area contributed by atoms with Crippen LogP contribution >= 0.6 is 23.4 Å². The van der Waals surface area contributed by atoms with Crippen molar-refractivity contribution in [3.05, 3.63) is 28.3 Å². The molecule has 0 saturated heterocycles. The highest BCUT2D eigenvalue weighted by Gasteiger charge is 2.22. The molecule has 0 amide bonds. The molecule has 0 radical (unpaired) electrons. The molecule has 0 spiro atoms. The third-order valence-corrected chi connectivity index (χ3v) is 5.58. The Kier molecular flexibility index (Phi) is 5.27. The van der Waals surface area contributed by atoms with E-state index in [1.165, 1.54) is 35.7 Å². The van der Waals surface area contributed by atoms with E-state index in [0.29, 0.717) is 10.7 Å². The predicted octanol–water partition coefficient (Wildman–Crippen LogP) is 1.35. The van der Waals surface area contributed by atoms with Crippen LogP contribution < -0.4 is 0 Å². The SMILES string of the molecule is COC(=O)c1ccc(S(C)(=O)=O)c(CSc2nnnn2C)c1Cl. The second kappa shape index (κ2) is 6.85. The van der Waals surface area contributed by atoms with E-state index in [-0.39, 0.29) is 21.2 Å². The quantitative estimate of drug-likeness (QED) is 0.568. The van der Waals surface area contributed by atoms with Gasteiger partial charge in [0.25, 0.3) is 0 Å². The molecule has 0 aliphatic heterocycles. The third kappa shape index (κ3) is 3.82. The van der Waals surface area contributed by atoms with Crippen molar-refractivity contribution < 1.29 is 17.9 Å². The molecule has 0 bridgehead atoms. The molecule has 1 heterocycles. The Hall–Kier alpha value is -1.65. The van der Waals surface area contributed by atoms with Gasteiger partial charge in [-0.1, -0.05) is 23.4 Å². The van der Waals surface area contributed by atoms with Crippen LogP contribution in [-0.4, -0.2) is 48.0 Å². The van der Waals surface area contributed by atoms with Gasteiger partial charge in [-0.05, 0) is 22.6 Å². The van der Waals surface area contributed by atoms with Gasteiger partial charge >= 0.3 is 5.97 Å². The van der Waals surface area contributed by atoms with E-state index in [1.807, 2.05) is 0 Å². The van der Waals surface area contributed by atoms with Gasteiger partial charge in [-0.2, -0.15) is 0 Å². The number of halogens is 1. The number of sulfone groups is 1. The van der Waals surface area contributed by atoms with Crippen LogP contribution in [0, 0.1) is 0 Å². The van der Waals surface area contributed by atoms with Gasteiger partial charge in [-0.25, -0.2) is 17.9 Å². The lowest BCUT2D eigenvalue weighted by atomic mass is 10.1. The molecule has 11 heteroatoms. The van der Waals surface area contributed by atoms with Crippen molar-refractivity contribution in [1.82, 2.24) is 20.2 Å². The molecule has 23 heavy (non-hydrogen) atoms. The number of benzene rings is 1.